The van der Waals surface area contributed by atoms with E-state index in [4.69, 9.17) is 5.11 Å². The summed E-state index contributed by atoms with van der Waals surface area (Å²) in [5, 5.41) is 9.06. The number of aromatic carboxylic acids is 1. The van der Waals surface area contributed by atoms with Crippen molar-refractivity contribution in [3.05, 3.63) is 59.9 Å². The quantitative estimate of drug-likeness (QED) is 0.912. The fourth-order valence-corrected chi connectivity index (χ4v) is 1.68. The summed E-state index contributed by atoms with van der Waals surface area (Å²) >= 11 is 0. The number of carboxylic acids is 1. The molecule has 0 spiro atoms. The minimum absolute atomic E-state index is 0.0682. The summed E-state index contributed by atoms with van der Waals surface area (Å²) in [6.07, 6.45) is 1.40. The van der Waals surface area contributed by atoms with Crippen molar-refractivity contribution in [1.29, 1.82) is 0 Å². The number of nitrogens with zero attached hydrogens (tertiary/aromatic N) is 2. The smallest absolute Gasteiger partial charge is 0.338 e. The zero-order chi connectivity index (χ0) is 13.8. The van der Waals surface area contributed by atoms with E-state index < -0.39 is 11.9 Å². The van der Waals surface area contributed by atoms with Gasteiger partial charge >= 0.3 is 5.97 Å². The normalized spacial score (nSPS) is 9.95. The number of rotatable bonds is 3. The molecule has 0 aliphatic heterocycles. The van der Waals surface area contributed by atoms with Crippen molar-refractivity contribution in [1.82, 2.24) is 4.98 Å². The SMILES string of the molecule is CN(C(=O)c1ncccc1C(=O)O)c1ccccc1. The molecule has 1 heterocycles. The fourth-order valence-electron chi connectivity index (χ4n) is 1.68. The number of anilines is 1. The molecule has 0 fully saturated rings. The highest BCUT2D eigenvalue weighted by atomic mass is 16.4. The largest absolute Gasteiger partial charge is 0.478 e. The van der Waals surface area contributed by atoms with Gasteiger partial charge in [0.1, 0.15) is 5.69 Å². The van der Waals surface area contributed by atoms with E-state index in [2.05, 4.69) is 4.98 Å². The van der Waals surface area contributed by atoms with Gasteiger partial charge in [0.15, 0.2) is 0 Å². The lowest BCUT2D eigenvalue weighted by Crippen LogP contribution is -2.28. The molecule has 0 unspecified atom stereocenters. The maximum absolute atomic E-state index is 12.3. The Kier molecular flexibility index (Phi) is 3.56. The molecule has 19 heavy (non-hydrogen) atoms. The Morgan fingerprint density at radius 2 is 1.79 bits per heavy atom. The van der Waals surface area contributed by atoms with E-state index in [1.807, 2.05) is 6.07 Å². The van der Waals surface area contributed by atoms with Crippen LogP contribution in [0.15, 0.2) is 48.7 Å². The predicted molar refractivity (Wildman–Crippen MR) is 70.4 cm³/mol. The summed E-state index contributed by atoms with van der Waals surface area (Å²) in [5.74, 6) is -1.62. The monoisotopic (exact) mass is 256 g/mol. The van der Waals surface area contributed by atoms with Gasteiger partial charge in [-0.15, -0.1) is 0 Å². The van der Waals surface area contributed by atoms with Gasteiger partial charge in [-0.3, -0.25) is 9.78 Å². The van der Waals surface area contributed by atoms with Crippen LogP contribution in [0.2, 0.25) is 0 Å². The molecule has 5 heteroatoms. The molecule has 0 aliphatic rings. The Morgan fingerprint density at radius 1 is 1.11 bits per heavy atom. The van der Waals surface area contributed by atoms with Gasteiger partial charge in [-0.25, -0.2) is 4.79 Å². The summed E-state index contributed by atoms with van der Waals surface area (Å²) in [6.45, 7) is 0. The Morgan fingerprint density at radius 3 is 2.42 bits per heavy atom. The van der Waals surface area contributed by atoms with Crippen molar-refractivity contribution in [2.24, 2.45) is 0 Å². The molecule has 0 aliphatic carbocycles. The van der Waals surface area contributed by atoms with Crippen LogP contribution in [0.3, 0.4) is 0 Å². The molecular formula is C14H12N2O3. The molecule has 2 aromatic rings. The van der Waals surface area contributed by atoms with E-state index in [1.165, 1.54) is 23.2 Å². The number of hydrogen-bond donors (Lipinski definition) is 1. The van der Waals surface area contributed by atoms with Gasteiger partial charge in [0.05, 0.1) is 5.56 Å². The topological polar surface area (TPSA) is 70.5 Å². The maximum atomic E-state index is 12.3. The average Bonchev–Trinajstić information content (AvgIpc) is 2.46. The number of amides is 1. The van der Waals surface area contributed by atoms with Crippen molar-refractivity contribution in [2.75, 3.05) is 11.9 Å². The zero-order valence-corrected chi connectivity index (χ0v) is 10.3. The molecule has 2 rings (SSSR count). The van der Waals surface area contributed by atoms with Gasteiger partial charge in [-0.05, 0) is 24.3 Å². The summed E-state index contributed by atoms with van der Waals surface area (Å²) in [7, 11) is 1.58. The highest BCUT2D eigenvalue weighted by Crippen LogP contribution is 2.15. The fraction of sp³-hybridized carbons (Fsp3) is 0.0714. The molecule has 96 valence electrons. The summed E-state index contributed by atoms with van der Waals surface area (Å²) in [4.78, 5) is 28.6. The van der Waals surface area contributed by atoms with E-state index >= 15 is 0 Å². The predicted octanol–water partition coefficient (Wildman–Crippen LogP) is 2.06. The van der Waals surface area contributed by atoms with E-state index in [0.717, 1.165) is 0 Å². The molecule has 0 saturated heterocycles. The minimum atomic E-state index is -1.17. The van der Waals surface area contributed by atoms with Crippen LogP contribution < -0.4 is 4.90 Å². The molecule has 1 N–H and O–H groups in total. The first-order valence-electron chi connectivity index (χ1n) is 5.62. The molecule has 0 saturated carbocycles. The molecule has 0 bridgehead atoms. The summed E-state index contributed by atoms with van der Waals surface area (Å²) < 4.78 is 0. The van der Waals surface area contributed by atoms with Crippen LogP contribution in [0.1, 0.15) is 20.8 Å². The standard InChI is InChI=1S/C14H12N2O3/c1-16(10-6-3-2-4-7-10)13(17)12-11(14(18)19)8-5-9-15-12/h2-9H,1H3,(H,18,19). The molecule has 1 amide bonds. The van der Waals surface area contributed by atoms with Crippen LogP contribution in [0.25, 0.3) is 0 Å². The molecule has 5 nitrogen and oxygen atoms in total. The first-order valence-corrected chi connectivity index (χ1v) is 5.62. The number of carbonyl (C=O) groups is 2. The molecule has 0 radical (unpaired) electrons. The van der Waals surface area contributed by atoms with Crippen LogP contribution in [0.4, 0.5) is 5.69 Å². The Hall–Kier alpha value is -2.69. The third-order valence-electron chi connectivity index (χ3n) is 2.69. The van der Waals surface area contributed by atoms with Crippen LogP contribution in [0, 0.1) is 0 Å². The summed E-state index contributed by atoms with van der Waals surface area (Å²) in [6, 6.07) is 11.8. The van der Waals surface area contributed by atoms with Crippen molar-refractivity contribution < 1.29 is 14.7 Å². The maximum Gasteiger partial charge on any atom is 0.338 e. The molecule has 0 atom stereocenters. The van der Waals surface area contributed by atoms with Crippen molar-refractivity contribution in [3.8, 4) is 0 Å². The summed E-state index contributed by atoms with van der Waals surface area (Å²) in [5.41, 5.74) is 0.506. The zero-order valence-electron chi connectivity index (χ0n) is 10.3. The van der Waals surface area contributed by atoms with E-state index in [-0.39, 0.29) is 11.3 Å². The van der Waals surface area contributed by atoms with Crippen LogP contribution in [-0.4, -0.2) is 29.0 Å². The highest BCUT2D eigenvalue weighted by Gasteiger charge is 2.21. The molecule has 1 aromatic heterocycles. The van der Waals surface area contributed by atoms with Crippen molar-refractivity contribution in [2.45, 2.75) is 0 Å². The minimum Gasteiger partial charge on any atom is -0.478 e. The van der Waals surface area contributed by atoms with Crippen molar-refractivity contribution in [3.63, 3.8) is 0 Å². The van der Waals surface area contributed by atoms with Gasteiger partial charge in [0.2, 0.25) is 0 Å². The van der Waals surface area contributed by atoms with Gasteiger partial charge in [0.25, 0.3) is 5.91 Å². The van der Waals surface area contributed by atoms with E-state index in [9.17, 15) is 9.59 Å². The third kappa shape index (κ3) is 2.60. The second-order valence-electron chi connectivity index (χ2n) is 3.90. The van der Waals surface area contributed by atoms with E-state index in [1.54, 1.807) is 31.3 Å². The number of para-hydroxylation sites is 1. The Balaban J connectivity index is 2.38. The van der Waals surface area contributed by atoms with Gasteiger partial charge in [-0.1, -0.05) is 18.2 Å². The first-order chi connectivity index (χ1) is 9.11. The number of carbonyl (C=O) groups excluding carboxylic acids is 1. The second kappa shape index (κ2) is 5.30. The van der Waals surface area contributed by atoms with Crippen LogP contribution >= 0.6 is 0 Å². The van der Waals surface area contributed by atoms with Gasteiger partial charge in [-0.2, -0.15) is 0 Å². The second-order valence-corrected chi connectivity index (χ2v) is 3.90. The van der Waals surface area contributed by atoms with E-state index in [0.29, 0.717) is 5.69 Å². The molecular weight excluding hydrogens is 244 g/mol. The lowest BCUT2D eigenvalue weighted by molar-refractivity contribution is 0.0691. The number of pyridine rings is 1. The number of hydrogen-bond acceptors (Lipinski definition) is 3. The number of carboxylic acid groups (broad SMARTS) is 1. The lowest BCUT2D eigenvalue weighted by Gasteiger charge is -2.17. The first kappa shape index (κ1) is 12.8. The molecule has 1 aromatic carbocycles. The van der Waals surface area contributed by atoms with Crippen molar-refractivity contribution >= 4 is 17.6 Å². The lowest BCUT2D eigenvalue weighted by atomic mass is 10.1. The van der Waals surface area contributed by atoms with Crippen LogP contribution in [0.5, 0.6) is 0 Å². The average molecular weight is 256 g/mol. The Labute approximate surface area is 110 Å². The van der Waals surface area contributed by atoms with Gasteiger partial charge in [0, 0.05) is 18.9 Å². The number of benzene rings is 1. The van der Waals surface area contributed by atoms with Crippen LogP contribution in [-0.2, 0) is 0 Å². The third-order valence-corrected chi connectivity index (χ3v) is 2.69. The highest BCUT2D eigenvalue weighted by molar-refractivity contribution is 6.10. The Bertz CT molecular complexity index is 611. The number of aromatic nitrogens is 1. The van der Waals surface area contributed by atoms with Gasteiger partial charge < -0.3 is 10.0 Å².